The van der Waals surface area contributed by atoms with Crippen LogP contribution >= 0.6 is 0 Å². The molecular formula is C21H26N4O2. The fourth-order valence-electron chi connectivity index (χ4n) is 3.04. The number of carbonyl (C=O) groups is 2. The van der Waals surface area contributed by atoms with Gasteiger partial charge in [0.1, 0.15) is 5.82 Å². The maximum atomic E-state index is 12.4. The van der Waals surface area contributed by atoms with E-state index < -0.39 is 0 Å². The number of anilines is 2. The van der Waals surface area contributed by atoms with Gasteiger partial charge in [-0.1, -0.05) is 32.9 Å². The van der Waals surface area contributed by atoms with Crippen LogP contribution in [-0.2, 0) is 10.2 Å². The van der Waals surface area contributed by atoms with Crippen LogP contribution < -0.4 is 10.2 Å². The van der Waals surface area contributed by atoms with Crippen LogP contribution in [0.15, 0.2) is 42.6 Å². The minimum absolute atomic E-state index is 0.0591. The minimum atomic E-state index is -0.171. The van der Waals surface area contributed by atoms with Gasteiger partial charge in [-0.2, -0.15) is 0 Å². The van der Waals surface area contributed by atoms with E-state index in [1.165, 1.54) is 5.56 Å². The van der Waals surface area contributed by atoms with Gasteiger partial charge in [-0.25, -0.2) is 4.98 Å². The molecule has 1 aromatic heterocycles. The van der Waals surface area contributed by atoms with E-state index in [1.807, 2.05) is 36.4 Å². The van der Waals surface area contributed by atoms with Crippen molar-refractivity contribution in [1.82, 2.24) is 9.88 Å². The fourth-order valence-corrected chi connectivity index (χ4v) is 3.04. The van der Waals surface area contributed by atoms with Crippen molar-refractivity contribution in [1.29, 1.82) is 0 Å². The van der Waals surface area contributed by atoms with E-state index in [4.69, 9.17) is 0 Å². The van der Waals surface area contributed by atoms with Crippen LogP contribution in [0.4, 0.5) is 11.5 Å². The topological polar surface area (TPSA) is 65.5 Å². The Morgan fingerprint density at radius 3 is 2.22 bits per heavy atom. The second kappa shape index (κ2) is 7.78. The number of benzene rings is 1. The lowest BCUT2D eigenvalue weighted by Gasteiger charge is -2.33. The number of hydrogen-bond donors (Lipinski definition) is 1. The highest BCUT2D eigenvalue weighted by atomic mass is 16.1. The van der Waals surface area contributed by atoms with Crippen molar-refractivity contribution in [3.8, 4) is 0 Å². The molecule has 6 nitrogen and oxygen atoms in total. The zero-order valence-corrected chi connectivity index (χ0v) is 16.1. The van der Waals surface area contributed by atoms with Crippen LogP contribution in [0.3, 0.4) is 0 Å². The number of hydrogen-bond acceptors (Lipinski definition) is 4. The molecule has 1 aliphatic heterocycles. The summed E-state index contributed by atoms with van der Waals surface area (Å²) in [5.41, 5.74) is 2.85. The molecule has 1 saturated heterocycles. The summed E-state index contributed by atoms with van der Waals surface area (Å²) in [5, 5.41) is 2.84. The Hall–Kier alpha value is -2.89. The van der Waals surface area contributed by atoms with Crippen LogP contribution in [0.5, 0.6) is 0 Å². The average Bonchev–Trinajstić information content (AvgIpc) is 2.68. The van der Waals surface area contributed by atoms with Gasteiger partial charge in [0, 0.05) is 31.7 Å². The summed E-state index contributed by atoms with van der Waals surface area (Å²) < 4.78 is 0. The van der Waals surface area contributed by atoms with Crippen molar-refractivity contribution in [3.05, 3.63) is 53.7 Å². The monoisotopic (exact) mass is 366 g/mol. The summed E-state index contributed by atoms with van der Waals surface area (Å²) in [5.74, 6) is 0.352. The van der Waals surface area contributed by atoms with Crippen LogP contribution in [0.2, 0.25) is 0 Å². The predicted octanol–water partition coefficient (Wildman–Crippen LogP) is 2.91. The van der Waals surface area contributed by atoms with Gasteiger partial charge in [-0.3, -0.25) is 9.59 Å². The molecule has 142 valence electrons. The fraction of sp³-hybridized carbons (Fsp3) is 0.381. The van der Waals surface area contributed by atoms with Gasteiger partial charge in [0.15, 0.2) is 0 Å². The Balaban J connectivity index is 1.61. The molecule has 2 heterocycles. The molecule has 0 atom stereocenters. The van der Waals surface area contributed by atoms with Crippen LogP contribution in [0, 0.1) is 0 Å². The van der Waals surface area contributed by atoms with Crippen molar-refractivity contribution in [2.24, 2.45) is 0 Å². The first kappa shape index (κ1) is 18.9. The smallest absolute Gasteiger partial charge is 0.256 e. The highest BCUT2D eigenvalue weighted by molar-refractivity contribution is 6.03. The number of piperazine rings is 1. The minimum Gasteiger partial charge on any atom is -0.367 e. The van der Waals surface area contributed by atoms with Gasteiger partial charge in [0.2, 0.25) is 6.41 Å². The Bertz CT molecular complexity index is 786. The molecule has 1 aliphatic rings. The van der Waals surface area contributed by atoms with Crippen LogP contribution in [-0.4, -0.2) is 48.4 Å². The molecule has 1 fully saturated rings. The maximum Gasteiger partial charge on any atom is 0.256 e. The Labute approximate surface area is 160 Å². The van der Waals surface area contributed by atoms with E-state index >= 15 is 0 Å². The maximum absolute atomic E-state index is 12.4. The molecule has 1 aromatic carbocycles. The van der Waals surface area contributed by atoms with E-state index in [0.29, 0.717) is 24.5 Å². The molecule has 0 aliphatic carbocycles. The zero-order valence-electron chi connectivity index (χ0n) is 16.1. The number of pyridine rings is 1. The Morgan fingerprint density at radius 1 is 1.04 bits per heavy atom. The lowest BCUT2D eigenvalue weighted by molar-refractivity contribution is -0.118. The van der Waals surface area contributed by atoms with Crippen LogP contribution in [0.1, 0.15) is 36.7 Å². The van der Waals surface area contributed by atoms with E-state index in [1.54, 1.807) is 11.1 Å². The number of nitrogens with one attached hydrogen (secondary N) is 1. The van der Waals surface area contributed by atoms with Crippen LogP contribution in [0.25, 0.3) is 0 Å². The number of carbonyl (C=O) groups excluding carboxylic acids is 2. The number of rotatable bonds is 4. The quantitative estimate of drug-likeness (QED) is 0.845. The van der Waals surface area contributed by atoms with E-state index in [2.05, 4.69) is 36.0 Å². The first-order valence-electron chi connectivity index (χ1n) is 9.19. The third-order valence-electron chi connectivity index (χ3n) is 4.83. The molecule has 2 aromatic rings. The molecule has 0 saturated carbocycles. The van der Waals surface area contributed by atoms with Gasteiger partial charge in [0.25, 0.3) is 5.91 Å². The average molecular weight is 366 g/mol. The Kier molecular flexibility index (Phi) is 5.44. The normalized spacial score (nSPS) is 14.8. The molecule has 27 heavy (non-hydrogen) atoms. The van der Waals surface area contributed by atoms with Gasteiger partial charge < -0.3 is 15.1 Å². The number of aromatic nitrogens is 1. The predicted molar refractivity (Wildman–Crippen MR) is 107 cm³/mol. The van der Waals surface area contributed by atoms with Crippen molar-refractivity contribution >= 4 is 23.8 Å². The summed E-state index contributed by atoms with van der Waals surface area (Å²) in [6.45, 7) is 9.43. The lowest BCUT2D eigenvalue weighted by Crippen LogP contribution is -2.45. The summed E-state index contributed by atoms with van der Waals surface area (Å²) in [6.07, 6.45) is 2.65. The molecule has 0 spiro atoms. The highest BCUT2D eigenvalue weighted by Gasteiger charge is 2.17. The SMILES string of the molecule is CC(C)(C)c1ccc(C(=O)Nc2ccc(N3CCN(C=O)CC3)cn2)cc1. The Morgan fingerprint density at radius 2 is 1.70 bits per heavy atom. The van der Waals surface area contributed by atoms with Gasteiger partial charge in [-0.15, -0.1) is 0 Å². The number of amides is 2. The first-order chi connectivity index (χ1) is 12.9. The summed E-state index contributed by atoms with van der Waals surface area (Å²) in [7, 11) is 0. The highest BCUT2D eigenvalue weighted by Crippen LogP contribution is 2.22. The zero-order chi connectivity index (χ0) is 19.4. The van der Waals surface area contributed by atoms with Crippen molar-refractivity contribution in [2.45, 2.75) is 26.2 Å². The summed E-state index contributed by atoms with van der Waals surface area (Å²) in [6, 6.07) is 11.4. The molecule has 2 amide bonds. The molecule has 0 bridgehead atoms. The van der Waals surface area contributed by atoms with E-state index in [-0.39, 0.29) is 11.3 Å². The van der Waals surface area contributed by atoms with Gasteiger partial charge in [0.05, 0.1) is 11.9 Å². The third-order valence-corrected chi connectivity index (χ3v) is 4.83. The molecule has 3 rings (SSSR count). The molecule has 0 unspecified atom stereocenters. The standard InChI is InChI=1S/C21H26N4O2/c1-21(2,3)17-6-4-16(5-7-17)20(27)23-19-9-8-18(14-22-19)25-12-10-24(15-26)11-13-25/h4-9,14-15H,10-13H2,1-3H3,(H,22,23,27). The van der Waals surface area contributed by atoms with E-state index in [9.17, 15) is 9.59 Å². The number of nitrogens with zero attached hydrogens (tertiary/aromatic N) is 3. The summed E-state index contributed by atoms with van der Waals surface area (Å²) in [4.78, 5) is 31.5. The largest absolute Gasteiger partial charge is 0.367 e. The molecule has 6 heteroatoms. The lowest BCUT2D eigenvalue weighted by atomic mass is 9.87. The van der Waals surface area contributed by atoms with Crippen molar-refractivity contribution < 1.29 is 9.59 Å². The molecular weight excluding hydrogens is 340 g/mol. The van der Waals surface area contributed by atoms with Crippen molar-refractivity contribution in [3.63, 3.8) is 0 Å². The van der Waals surface area contributed by atoms with Gasteiger partial charge >= 0.3 is 0 Å². The second-order valence-electron chi connectivity index (χ2n) is 7.81. The molecule has 1 N–H and O–H groups in total. The third kappa shape index (κ3) is 4.64. The first-order valence-corrected chi connectivity index (χ1v) is 9.19. The van der Waals surface area contributed by atoms with Crippen molar-refractivity contribution in [2.75, 3.05) is 36.4 Å². The summed E-state index contributed by atoms with van der Waals surface area (Å²) >= 11 is 0. The molecule has 0 radical (unpaired) electrons. The van der Waals surface area contributed by atoms with Gasteiger partial charge in [-0.05, 0) is 35.2 Å². The van der Waals surface area contributed by atoms with E-state index in [0.717, 1.165) is 25.2 Å². The second-order valence-corrected chi connectivity index (χ2v) is 7.81.